The summed E-state index contributed by atoms with van der Waals surface area (Å²) in [6.07, 6.45) is 2.21. The normalized spacial score (nSPS) is 19.6. The maximum absolute atomic E-state index is 13.1. The molecule has 0 amide bonds. The number of hydrogen-bond donors (Lipinski definition) is 0. The predicted octanol–water partition coefficient (Wildman–Crippen LogP) is 3.45. The zero-order valence-electron chi connectivity index (χ0n) is 14.3. The first-order chi connectivity index (χ1) is 12.2. The van der Waals surface area contributed by atoms with Crippen molar-refractivity contribution in [3.63, 3.8) is 0 Å². The van der Waals surface area contributed by atoms with E-state index in [2.05, 4.69) is 27.8 Å². The van der Waals surface area contributed by atoms with Gasteiger partial charge in [0.25, 0.3) is 0 Å². The lowest BCUT2D eigenvalue weighted by atomic mass is 10.1. The summed E-state index contributed by atoms with van der Waals surface area (Å²) in [4.78, 5) is 8.84. The molecule has 2 fully saturated rings. The highest BCUT2D eigenvalue weighted by atomic mass is 19.1. The first-order valence-electron chi connectivity index (χ1n) is 8.81. The molecule has 2 aliphatic rings. The van der Waals surface area contributed by atoms with Gasteiger partial charge in [0.1, 0.15) is 11.9 Å². The van der Waals surface area contributed by atoms with E-state index in [1.807, 2.05) is 12.1 Å². The summed E-state index contributed by atoms with van der Waals surface area (Å²) in [5.41, 5.74) is 1.52. The van der Waals surface area contributed by atoms with Crippen molar-refractivity contribution in [2.75, 3.05) is 31.1 Å². The second-order valence-electron chi connectivity index (χ2n) is 6.84. The molecule has 0 spiro atoms. The maximum Gasteiger partial charge on any atom is 0.234 e. The van der Waals surface area contributed by atoms with Crippen LogP contribution in [0, 0.1) is 17.1 Å². The van der Waals surface area contributed by atoms with Crippen LogP contribution in [0.25, 0.3) is 0 Å². The smallest absolute Gasteiger partial charge is 0.234 e. The molecule has 2 heterocycles. The number of hydrogen-bond acceptors (Lipinski definition) is 5. The molecule has 25 heavy (non-hydrogen) atoms. The second kappa shape index (κ2) is 6.49. The third kappa shape index (κ3) is 3.24. The SMILES string of the molecule is CC(c1ccc(F)cc1)N1CCN(c2oc(C3CC3)nc2C#N)CC1. The third-order valence-electron chi connectivity index (χ3n) is 5.16. The Balaban J connectivity index is 1.43. The van der Waals surface area contributed by atoms with E-state index in [9.17, 15) is 9.65 Å². The van der Waals surface area contributed by atoms with Crippen molar-refractivity contribution >= 4 is 5.88 Å². The third-order valence-corrected chi connectivity index (χ3v) is 5.16. The average molecular weight is 340 g/mol. The highest BCUT2D eigenvalue weighted by molar-refractivity contribution is 5.49. The number of oxazole rings is 1. The van der Waals surface area contributed by atoms with E-state index in [4.69, 9.17) is 4.42 Å². The van der Waals surface area contributed by atoms with Gasteiger partial charge in [-0.1, -0.05) is 12.1 Å². The monoisotopic (exact) mass is 340 g/mol. The predicted molar refractivity (Wildman–Crippen MR) is 91.8 cm³/mol. The van der Waals surface area contributed by atoms with Gasteiger partial charge in [-0.3, -0.25) is 4.90 Å². The quantitative estimate of drug-likeness (QED) is 0.853. The van der Waals surface area contributed by atoms with Crippen LogP contribution in [-0.2, 0) is 0 Å². The average Bonchev–Trinajstić information content (AvgIpc) is 3.41. The van der Waals surface area contributed by atoms with Crippen LogP contribution in [0.2, 0.25) is 0 Å². The number of nitriles is 1. The van der Waals surface area contributed by atoms with Crippen molar-refractivity contribution in [3.8, 4) is 6.07 Å². The lowest BCUT2D eigenvalue weighted by Crippen LogP contribution is -2.47. The minimum atomic E-state index is -0.207. The largest absolute Gasteiger partial charge is 0.423 e. The number of halogens is 1. The Hall–Kier alpha value is -2.39. The summed E-state index contributed by atoms with van der Waals surface area (Å²) in [6, 6.07) is 9.11. The van der Waals surface area contributed by atoms with Gasteiger partial charge in [-0.15, -0.1) is 0 Å². The molecule has 1 aliphatic carbocycles. The molecule has 1 saturated heterocycles. The number of aromatic nitrogens is 1. The van der Waals surface area contributed by atoms with Crippen molar-refractivity contribution in [2.45, 2.75) is 31.7 Å². The van der Waals surface area contributed by atoms with Crippen LogP contribution in [0.5, 0.6) is 0 Å². The first-order valence-corrected chi connectivity index (χ1v) is 8.81. The van der Waals surface area contributed by atoms with Crippen molar-refractivity contribution in [2.24, 2.45) is 0 Å². The Labute approximate surface area is 146 Å². The van der Waals surface area contributed by atoms with Crippen molar-refractivity contribution in [1.29, 1.82) is 5.26 Å². The standard InChI is InChI=1S/C19H21FN4O/c1-13(14-4-6-16(20)7-5-14)23-8-10-24(11-9-23)19-17(12-21)22-18(25-19)15-2-3-15/h4-7,13,15H,2-3,8-11H2,1H3. The summed E-state index contributed by atoms with van der Waals surface area (Å²) >= 11 is 0. The van der Waals surface area contributed by atoms with E-state index in [-0.39, 0.29) is 11.9 Å². The van der Waals surface area contributed by atoms with Crippen LogP contribution in [0.15, 0.2) is 28.7 Å². The summed E-state index contributed by atoms with van der Waals surface area (Å²) in [5, 5.41) is 9.34. The van der Waals surface area contributed by atoms with Gasteiger partial charge >= 0.3 is 0 Å². The summed E-state index contributed by atoms with van der Waals surface area (Å²) < 4.78 is 19.0. The van der Waals surface area contributed by atoms with E-state index >= 15 is 0 Å². The highest BCUT2D eigenvalue weighted by Gasteiger charge is 2.32. The van der Waals surface area contributed by atoms with E-state index < -0.39 is 0 Å². The zero-order valence-corrected chi connectivity index (χ0v) is 14.3. The Bertz CT molecular complexity index is 783. The van der Waals surface area contributed by atoms with Crippen molar-refractivity contribution in [3.05, 3.63) is 47.2 Å². The first kappa shape index (κ1) is 16.1. The van der Waals surface area contributed by atoms with Gasteiger partial charge < -0.3 is 9.32 Å². The lowest BCUT2D eigenvalue weighted by molar-refractivity contribution is 0.196. The number of rotatable bonds is 4. The molecule has 0 N–H and O–H groups in total. The summed E-state index contributed by atoms with van der Waals surface area (Å²) in [7, 11) is 0. The molecule has 4 rings (SSSR count). The minimum absolute atomic E-state index is 0.207. The van der Waals surface area contributed by atoms with Crippen LogP contribution in [0.3, 0.4) is 0 Å². The number of benzene rings is 1. The summed E-state index contributed by atoms with van der Waals surface area (Å²) in [6.45, 7) is 5.45. The molecular formula is C19H21FN4O. The van der Waals surface area contributed by atoms with E-state index in [1.165, 1.54) is 12.1 Å². The van der Waals surface area contributed by atoms with Gasteiger partial charge in [-0.05, 0) is 37.5 Å². The lowest BCUT2D eigenvalue weighted by Gasteiger charge is -2.38. The fraction of sp³-hybridized carbons (Fsp3) is 0.474. The van der Waals surface area contributed by atoms with Crippen LogP contribution in [0.4, 0.5) is 10.3 Å². The minimum Gasteiger partial charge on any atom is -0.423 e. The fourth-order valence-electron chi connectivity index (χ4n) is 3.38. The van der Waals surface area contributed by atoms with E-state index in [1.54, 1.807) is 0 Å². The summed E-state index contributed by atoms with van der Waals surface area (Å²) in [5.74, 6) is 1.54. The molecule has 1 saturated carbocycles. The fourth-order valence-corrected chi connectivity index (χ4v) is 3.38. The van der Waals surface area contributed by atoms with E-state index in [0.29, 0.717) is 23.4 Å². The Kier molecular flexibility index (Phi) is 4.18. The molecule has 6 heteroatoms. The number of nitrogens with zero attached hydrogens (tertiary/aromatic N) is 4. The topological polar surface area (TPSA) is 56.3 Å². The zero-order chi connectivity index (χ0) is 17.4. The van der Waals surface area contributed by atoms with Crippen molar-refractivity contribution in [1.82, 2.24) is 9.88 Å². The number of piperazine rings is 1. The molecular weight excluding hydrogens is 319 g/mol. The van der Waals surface area contributed by atoms with Gasteiger partial charge in [0.15, 0.2) is 0 Å². The van der Waals surface area contributed by atoms with E-state index in [0.717, 1.165) is 44.6 Å². The van der Waals surface area contributed by atoms with Gasteiger partial charge in [0.05, 0.1) is 0 Å². The van der Waals surface area contributed by atoms with Crippen LogP contribution < -0.4 is 4.90 Å². The molecule has 0 bridgehead atoms. The van der Waals surface area contributed by atoms with Crippen LogP contribution >= 0.6 is 0 Å². The van der Waals surface area contributed by atoms with Crippen LogP contribution in [-0.4, -0.2) is 36.1 Å². The Morgan fingerprint density at radius 1 is 1.20 bits per heavy atom. The van der Waals surface area contributed by atoms with Crippen molar-refractivity contribution < 1.29 is 8.81 Å². The molecule has 1 aromatic carbocycles. The molecule has 1 unspecified atom stereocenters. The van der Waals surface area contributed by atoms with Gasteiger partial charge in [-0.25, -0.2) is 9.37 Å². The molecule has 0 radical (unpaired) electrons. The molecule has 2 aromatic rings. The second-order valence-corrected chi connectivity index (χ2v) is 6.84. The van der Waals surface area contributed by atoms with Gasteiger partial charge in [-0.2, -0.15) is 5.26 Å². The molecule has 1 aromatic heterocycles. The molecule has 130 valence electrons. The van der Waals surface area contributed by atoms with Crippen LogP contribution in [0.1, 0.15) is 48.9 Å². The molecule has 5 nitrogen and oxygen atoms in total. The van der Waals surface area contributed by atoms with Gasteiger partial charge in [0, 0.05) is 38.1 Å². The Morgan fingerprint density at radius 3 is 2.48 bits per heavy atom. The van der Waals surface area contributed by atoms with Gasteiger partial charge in [0.2, 0.25) is 17.5 Å². The Morgan fingerprint density at radius 2 is 1.88 bits per heavy atom. The molecule has 1 aliphatic heterocycles. The maximum atomic E-state index is 13.1. The highest BCUT2D eigenvalue weighted by Crippen LogP contribution is 2.41. The number of anilines is 1. The molecule has 1 atom stereocenters.